The van der Waals surface area contributed by atoms with Crippen molar-refractivity contribution in [3.8, 4) is 0 Å². The SMILES string of the molecule is CN=C(NCc1ccc(F)c(CN(C)C)c1)N1CCOC(c2cnn(C)c2)C1. The maximum Gasteiger partial charge on any atom is 0.194 e. The fourth-order valence-electron chi connectivity index (χ4n) is 3.36. The summed E-state index contributed by atoms with van der Waals surface area (Å²) in [7, 11) is 7.55. The summed E-state index contributed by atoms with van der Waals surface area (Å²) in [6.45, 7) is 3.27. The van der Waals surface area contributed by atoms with E-state index < -0.39 is 0 Å². The van der Waals surface area contributed by atoms with Crippen LogP contribution in [0, 0.1) is 5.82 Å². The molecular weight excluding hydrogens is 359 g/mol. The molecule has 1 aromatic heterocycles. The van der Waals surface area contributed by atoms with Crippen molar-refractivity contribution < 1.29 is 9.13 Å². The number of guanidine groups is 1. The van der Waals surface area contributed by atoms with Crippen LogP contribution < -0.4 is 5.32 Å². The normalized spacial score (nSPS) is 18.0. The fraction of sp³-hybridized carbons (Fsp3) is 0.500. The lowest BCUT2D eigenvalue weighted by Gasteiger charge is -2.34. The molecule has 28 heavy (non-hydrogen) atoms. The van der Waals surface area contributed by atoms with Crippen molar-refractivity contribution in [2.75, 3.05) is 40.8 Å². The minimum absolute atomic E-state index is 0.0292. The topological polar surface area (TPSA) is 57.9 Å². The van der Waals surface area contributed by atoms with Gasteiger partial charge in [-0.2, -0.15) is 5.10 Å². The summed E-state index contributed by atoms with van der Waals surface area (Å²) in [5, 5.41) is 7.63. The number of aryl methyl sites for hydroxylation is 1. The standard InChI is InChI=1S/C20H29FN6O/c1-22-20(23-10-15-5-6-18(21)16(9-15)12-25(2)3)27-7-8-28-19(14-27)17-11-24-26(4)13-17/h5-6,9,11,13,19H,7-8,10,12,14H2,1-4H3,(H,22,23). The smallest absolute Gasteiger partial charge is 0.194 e. The Bertz CT molecular complexity index is 819. The van der Waals surface area contributed by atoms with Gasteiger partial charge in [0.05, 0.1) is 19.3 Å². The summed E-state index contributed by atoms with van der Waals surface area (Å²) in [5.74, 6) is 0.644. The number of halogens is 1. The number of ether oxygens (including phenoxy) is 1. The number of hydrogen-bond acceptors (Lipinski definition) is 4. The Morgan fingerprint density at radius 1 is 1.43 bits per heavy atom. The number of aromatic nitrogens is 2. The second kappa shape index (κ2) is 9.16. The molecule has 1 atom stereocenters. The zero-order valence-corrected chi connectivity index (χ0v) is 17.0. The third-order valence-corrected chi connectivity index (χ3v) is 4.72. The molecule has 1 fully saturated rings. The molecule has 1 aliphatic rings. The first-order valence-corrected chi connectivity index (χ1v) is 9.44. The molecule has 0 saturated carbocycles. The van der Waals surface area contributed by atoms with E-state index in [1.165, 1.54) is 6.07 Å². The lowest BCUT2D eigenvalue weighted by Crippen LogP contribution is -2.47. The molecule has 0 spiro atoms. The predicted molar refractivity (Wildman–Crippen MR) is 107 cm³/mol. The first-order valence-electron chi connectivity index (χ1n) is 9.44. The number of nitrogens with zero attached hydrogens (tertiary/aromatic N) is 5. The minimum atomic E-state index is -0.172. The zero-order chi connectivity index (χ0) is 20.1. The molecule has 3 rings (SSSR count). The largest absolute Gasteiger partial charge is 0.370 e. The maximum absolute atomic E-state index is 14.0. The van der Waals surface area contributed by atoms with Crippen molar-refractivity contribution in [3.63, 3.8) is 0 Å². The lowest BCUT2D eigenvalue weighted by molar-refractivity contribution is -0.00805. The molecule has 1 N–H and O–H groups in total. The molecule has 2 aromatic rings. The van der Waals surface area contributed by atoms with Gasteiger partial charge in [-0.25, -0.2) is 4.39 Å². The Kier molecular flexibility index (Phi) is 6.64. The predicted octanol–water partition coefficient (Wildman–Crippen LogP) is 1.77. The van der Waals surface area contributed by atoms with Gasteiger partial charge in [-0.05, 0) is 31.8 Å². The molecule has 0 bridgehead atoms. The molecule has 0 aliphatic carbocycles. The summed E-state index contributed by atoms with van der Waals surface area (Å²) in [4.78, 5) is 8.57. The van der Waals surface area contributed by atoms with Crippen LogP contribution in [0.3, 0.4) is 0 Å². The molecule has 0 amide bonds. The van der Waals surface area contributed by atoms with E-state index in [2.05, 4.69) is 20.3 Å². The highest BCUT2D eigenvalue weighted by atomic mass is 19.1. The highest BCUT2D eigenvalue weighted by Crippen LogP contribution is 2.21. The summed E-state index contributed by atoms with van der Waals surface area (Å²) >= 11 is 0. The number of morpholine rings is 1. The van der Waals surface area contributed by atoms with E-state index in [4.69, 9.17) is 4.74 Å². The van der Waals surface area contributed by atoms with Gasteiger partial charge in [0.2, 0.25) is 0 Å². The van der Waals surface area contributed by atoms with Gasteiger partial charge in [0.25, 0.3) is 0 Å². The van der Waals surface area contributed by atoms with Gasteiger partial charge in [0.15, 0.2) is 5.96 Å². The third kappa shape index (κ3) is 5.08. The highest BCUT2D eigenvalue weighted by molar-refractivity contribution is 5.80. The quantitative estimate of drug-likeness (QED) is 0.625. The van der Waals surface area contributed by atoms with Crippen molar-refractivity contribution in [2.24, 2.45) is 12.0 Å². The van der Waals surface area contributed by atoms with Gasteiger partial charge in [-0.1, -0.05) is 6.07 Å². The fourth-order valence-corrected chi connectivity index (χ4v) is 3.36. The van der Waals surface area contributed by atoms with E-state index in [1.807, 2.05) is 50.6 Å². The van der Waals surface area contributed by atoms with Crippen molar-refractivity contribution >= 4 is 5.96 Å². The Labute approximate surface area is 165 Å². The van der Waals surface area contributed by atoms with Gasteiger partial charge in [0.1, 0.15) is 11.9 Å². The molecule has 2 heterocycles. The average molecular weight is 388 g/mol. The summed E-state index contributed by atoms with van der Waals surface area (Å²) in [5.41, 5.74) is 2.79. The van der Waals surface area contributed by atoms with Crippen molar-refractivity contribution in [1.82, 2.24) is 24.9 Å². The van der Waals surface area contributed by atoms with Gasteiger partial charge in [-0.3, -0.25) is 9.67 Å². The number of benzene rings is 1. The van der Waals surface area contributed by atoms with Gasteiger partial charge < -0.3 is 19.9 Å². The van der Waals surface area contributed by atoms with E-state index >= 15 is 0 Å². The molecule has 7 nitrogen and oxygen atoms in total. The molecule has 0 radical (unpaired) electrons. The number of nitrogens with one attached hydrogen (secondary N) is 1. The zero-order valence-electron chi connectivity index (χ0n) is 17.0. The highest BCUT2D eigenvalue weighted by Gasteiger charge is 2.25. The summed E-state index contributed by atoms with van der Waals surface area (Å²) in [6.07, 6.45) is 3.79. The molecule has 152 valence electrons. The van der Waals surface area contributed by atoms with Crippen LogP contribution in [0.25, 0.3) is 0 Å². The molecule has 1 saturated heterocycles. The Morgan fingerprint density at radius 3 is 2.93 bits per heavy atom. The number of rotatable bonds is 5. The number of aliphatic imine (C=N–C) groups is 1. The van der Waals surface area contributed by atoms with Crippen molar-refractivity contribution in [3.05, 3.63) is 53.1 Å². The van der Waals surface area contributed by atoms with Crippen LogP contribution in [0.4, 0.5) is 4.39 Å². The van der Waals surface area contributed by atoms with Crippen LogP contribution >= 0.6 is 0 Å². The van der Waals surface area contributed by atoms with Crippen LogP contribution in [-0.2, 0) is 24.9 Å². The van der Waals surface area contributed by atoms with Crippen LogP contribution in [0.5, 0.6) is 0 Å². The second-order valence-electron chi connectivity index (χ2n) is 7.32. The maximum atomic E-state index is 14.0. The number of hydrogen-bond donors (Lipinski definition) is 1. The average Bonchev–Trinajstić information content (AvgIpc) is 3.11. The van der Waals surface area contributed by atoms with E-state index in [0.717, 1.165) is 23.6 Å². The second-order valence-corrected chi connectivity index (χ2v) is 7.32. The van der Waals surface area contributed by atoms with E-state index in [1.54, 1.807) is 11.7 Å². The van der Waals surface area contributed by atoms with Gasteiger partial charge in [0, 0.05) is 51.1 Å². The lowest BCUT2D eigenvalue weighted by atomic mass is 10.1. The first-order chi connectivity index (χ1) is 13.5. The Balaban J connectivity index is 1.63. The van der Waals surface area contributed by atoms with E-state index in [-0.39, 0.29) is 11.9 Å². The van der Waals surface area contributed by atoms with Gasteiger partial charge >= 0.3 is 0 Å². The Hall–Kier alpha value is -2.45. The van der Waals surface area contributed by atoms with E-state index in [0.29, 0.717) is 31.8 Å². The minimum Gasteiger partial charge on any atom is -0.370 e. The molecule has 1 unspecified atom stereocenters. The van der Waals surface area contributed by atoms with Crippen LogP contribution in [-0.4, -0.2) is 66.4 Å². The molecular formula is C20H29FN6O. The first kappa shape index (κ1) is 20.3. The monoisotopic (exact) mass is 388 g/mol. The Morgan fingerprint density at radius 2 is 2.25 bits per heavy atom. The molecule has 1 aromatic carbocycles. The van der Waals surface area contributed by atoms with Gasteiger partial charge in [-0.15, -0.1) is 0 Å². The van der Waals surface area contributed by atoms with Crippen LogP contribution in [0.1, 0.15) is 22.8 Å². The van der Waals surface area contributed by atoms with E-state index in [9.17, 15) is 4.39 Å². The van der Waals surface area contributed by atoms with Crippen LogP contribution in [0.2, 0.25) is 0 Å². The molecule has 8 heteroatoms. The summed E-state index contributed by atoms with van der Waals surface area (Å²) < 4.78 is 21.7. The summed E-state index contributed by atoms with van der Waals surface area (Å²) in [6, 6.07) is 5.26. The van der Waals surface area contributed by atoms with Crippen molar-refractivity contribution in [2.45, 2.75) is 19.2 Å². The van der Waals surface area contributed by atoms with Crippen molar-refractivity contribution in [1.29, 1.82) is 0 Å². The van der Waals surface area contributed by atoms with Crippen LogP contribution in [0.15, 0.2) is 35.6 Å². The third-order valence-electron chi connectivity index (χ3n) is 4.72. The molecule has 1 aliphatic heterocycles.